The van der Waals surface area contributed by atoms with Gasteiger partial charge in [0.15, 0.2) is 0 Å². The number of nitrogens with one attached hydrogen (secondary N) is 1. The second-order valence-corrected chi connectivity index (χ2v) is 5.33. The highest BCUT2D eigenvalue weighted by atomic mass is 16.4. The topological polar surface area (TPSA) is 68.0 Å². The summed E-state index contributed by atoms with van der Waals surface area (Å²) < 4.78 is 5.42. The van der Waals surface area contributed by atoms with Crippen LogP contribution in [0, 0.1) is 6.92 Å². The van der Waals surface area contributed by atoms with Gasteiger partial charge in [-0.2, -0.15) is 0 Å². The van der Waals surface area contributed by atoms with E-state index in [-0.39, 0.29) is 11.8 Å². The van der Waals surface area contributed by atoms with E-state index in [2.05, 4.69) is 15.5 Å². The maximum Gasteiger partial charge on any atom is 0.309 e. The van der Waals surface area contributed by atoms with E-state index in [0.717, 1.165) is 11.1 Å². The highest BCUT2D eigenvalue weighted by Gasteiger charge is 2.14. The lowest BCUT2D eigenvalue weighted by Crippen LogP contribution is -2.23. The summed E-state index contributed by atoms with van der Waals surface area (Å²) >= 11 is 0. The van der Waals surface area contributed by atoms with Crippen molar-refractivity contribution in [3.05, 3.63) is 83.1 Å². The number of aryl methyl sites for hydroxylation is 1. The number of benzene rings is 2. The van der Waals surface area contributed by atoms with Gasteiger partial charge in [0.2, 0.25) is 5.89 Å². The van der Waals surface area contributed by atoms with E-state index >= 15 is 0 Å². The fraction of sp³-hybridized carbons (Fsp3) is 0.167. The summed E-state index contributed by atoms with van der Waals surface area (Å²) in [4.78, 5) is 12.0. The Morgan fingerprint density at radius 1 is 1.00 bits per heavy atom. The van der Waals surface area contributed by atoms with Gasteiger partial charge in [-0.05, 0) is 18.1 Å². The molecular formula is C18H17N3O2. The van der Waals surface area contributed by atoms with Gasteiger partial charge in [0.1, 0.15) is 0 Å². The Morgan fingerprint density at radius 3 is 2.48 bits per heavy atom. The van der Waals surface area contributed by atoms with Gasteiger partial charge in [0, 0.05) is 6.54 Å². The molecule has 5 nitrogen and oxygen atoms in total. The smallest absolute Gasteiger partial charge is 0.309 e. The summed E-state index contributed by atoms with van der Waals surface area (Å²) in [5.41, 5.74) is 3.26. The lowest BCUT2D eigenvalue weighted by Gasteiger charge is -2.03. The van der Waals surface area contributed by atoms with Gasteiger partial charge in [-0.3, -0.25) is 4.79 Å². The first-order valence-corrected chi connectivity index (χ1v) is 7.41. The van der Waals surface area contributed by atoms with Crippen molar-refractivity contribution in [1.29, 1.82) is 0 Å². The van der Waals surface area contributed by atoms with Crippen molar-refractivity contribution < 1.29 is 9.21 Å². The quantitative estimate of drug-likeness (QED) is 0.787. The minimum absolute atomic E-state index is 0.0111. The summed E-state index contributed by atoms with van der Waals surface area (Å²) in [7, 11) is 0. The molecule has 0 aliphatic heterocycles. The Bertz CT molecular complexity index is 780. The molecule has 0 aliphatic rings. The van der Waals surface area contributed by atoms with Crippen molar-refractivity contribution in [2.45, 2.75) is 19.9 Å². The molecule has 0 bridgehead atoms. The average Bonchev–Trinajstić information content (AvgIpc) is 3.03. The van der Waals surface area contributed by atoms with E-state index in [4.69, 9.17) is 4.42 Å². The van der Waals surface area contributed by atoms with Crippen LogP contribution < -0.4 is 5.32 Å². The van der Waals surface area contributed by atoms with E-state index in [0.29, 0.717) is 18.9 Å². The first kappa shape index (κ1) is 15.0. The number of amides is 1. The molecule has 0 unspecified atom stereocenters. The normalized spacial score (nSPS) is 10.5. The third kappa shape index (κ3) is 4.03. The highest BCUT2D eigenvalue weighted by Crippen LogP contribution is 2.08. The zero-order valence-corrected chi connectivity index (χ0v) is 12.8. The van der Waals surface area contributed by atoms with Crippen LogP contribution in [0.25, 0.3) is 0 Å². The predicted molar refractivity (Wildman–Crippen MR) is 85.9 cm³/mol. The summed E-state index contributed by atoms with van der Waals surface area (Å²) in [5, 5.41) is 10.5. The Morgan fingerprint density at radius 2 is 1.74 bits per heavy atom. The summed E-state index contributed by atoms with van der Waals surface area (Å²) in [5.74, 6) is 0.0529. The van der Waals surface area contributed by atoms with E-state index in [9.17, 15) is 4.79 Å². The number of rotatable bonds is 5. The molecule has 1 heterocycles. The summed E-state index contributed by atoms with van der Waals surface area (Å²) in [6.07, 6.45) is 0.513. The minimum Gasteiger partial charge on any atom is -0.417 e. The number of hydrogen-bond donors (Lipinski definition) is 1. The molecule has 2 aromatic carbocycles. The van der Waals surface area contributed by atoms with E-state index < -0.39 is 0 Å². The predicted octanol–water partition coefficient (Wildman–Crippen LogP) is 2.90. The van der Waals surface area contributed by atoms with Gasteiger partial charge in [-0.25, -0.2) is 0 Å². The molecule has 1 amide bonds. The summed E-state index contributed by atoms with van der Waals surface area (Å²) in [6.45, 7) is 2.45. The molecule has 3 rings (SSSR count). The lowest BCUT2D eigenvalue weighted by atomic mass is 10.1. The number of hydrogen-bond acceptors (Lipinski definition) is 4. The van der Waals surface area contributed by atoms with Crippen LogP contribution >= 0.6 is 0 Å². The molecule has 1 N–H and O–H groups in total. The Hall–Kier alpha value is -2.95. The molecule has 23 heavy (non-hydrogen) atoms. The molecule has 0 fully saturated rings. The van der Waals surface area contributed by atoms with Crippen LogP contribution in [-0.2, 0) is 13.0 Å². The molecule has 116 valence electrons. The molecule has 0 saturated carbocycles. The largest absolute Gasteiger partial charge is 0.417 e. The fourth-order valence-corrected chi connectivity index (χ4v) is 2.15. The van der Waals surface area contributed by atoms with Crippen LogP contribution in [0.5, 0.6) is 0 Å². The van der Waals surface area contributed by atoms with Crippen LogP contribution in [0.1, 0.15) is 33.3 Å². The number of carbonyl (C=O) groups is 1. The maximum absolute atomic E-state index is 12.0. The van der Waals surface area contributed by atoms with Crippen LogP contribution in [-0.4, -0.2) is 16.1 Å². The maximum atomic E-state index is 12.0. The first-order chi connectivity index (χ1) is 11.2. The van der Waals surface area contributed by atoms with Crippen molar-refractivity contribution >= 4 is 5.91 Å². The third-order valence-corrected chi connectivity index (χ3v) is 3.43. The molecule has 0 atom stereocenters. The van der Waals surface area contributed by atoms with E-state index in [1.165, 1.54) is 5.56 Å². The molecule has 5 heteroatoms. The Balaban J connectivity index is 1.59. The Kier molecular flexibility index (Phi) is 4.47. The van der Waals surface area contributed by atoms with Gasteiger partial charge >= 0.3 is 11.8 Å². The van der Waals surface area contributed by atoms with Gasteiger partial charge in [-0.1, -0.05) is 60.2 Å². The van der Waals surface area contributed by atoms with E-state index in [1.54, 1.807) is 0 Å². The molecule has 0 aliphatic carbocycles. The monoisotopic (exact) mass is 307 g/mol. The van der Waals surface area contributed by atoms with Crippen molar-refractivity contribution in [1.82, 2.24) is 15.5 Å². The summed E-state index contributed by atoms with van der Waals surface area (Å²) in [6, 6.07) is 17.7. The average molecular weight is 307 g/mol. The fourth-order valence-electron chi connectivity index (χ4n) is 2.15. The minimum atomic E-state index is -0.364. The van der Waals surface area contributed by atoms with Crippen LogP contribution in [0.3, 0.4) is 0 Å². The SMILES string of the molecule is Cc1ccc(CNC(=O)c2nnc(Cc3ccccc3)o2)cc1. The molecular weight excluding hydrogens is 290 g/mol. The van der Waals surface area contributed by atoms with Gasteiger partial charge in [-0.15, -0.1) is 10.2 Å². The van der Waals surface area contributed by atoms with Gasteiger partial charge in [0.05, 0.1) is 6.42 Å². The molecule has 0 spiro atoms. The van der Waals surface area contributed by atoms with Crippen molar-refractivity contribution in [2.24, 2.45) is 0 Å². The highest BCUT2D eigenvalue weighted by molar-refractivity contribution is 5.89. The molecule has 0 saturated heterocycles. The van der Waals surface area contributed by atoms with Crippen LogP contribution in [0.4, 0.5) is 0 Å². The number of aromatic nitrogens is 2. The first-order valence-electron chi connectivity index (χ1n) is 7.41. The van der Waals surface area contributed by atoms with Crippen molar-refractivity contribution in [3.63, 3.8) is 0 Å². The van der Waals surface area contributed by atoms with E-state index in [1.807, 2.05) is 61.5 Å². The number of nitrogens with zero attached hydrogens (tertiary/aromatic N) is 2. The van der Waals surface area contributed by atoms with Crippen molar-refractivity contribution in [3.8, 4) is 0 Å². The second kappa shape index (κ2) is 6.87. The second-order valence-electron chi connectivity index (χ2n) is 5.33. The molecule has 3 aromatic rings. The lowest BCUT2D eigenvalue weighted by molar-refractivity contribution is 0.0914. The molecule has 1 aromatic heterocycles. The van der Waals surface area contributed by atoms with Gasteiger partial charge in [0.25, 0.3) is 0 Å². The third-order valence-electron chi connectivity index (χ3n) is 3.43. The standard InChI is InChI=1S/C18H17N3O2/c1-13-7-9-15(10-8-13)12-19-17(22)18-21-20-16(23-18)11-14-5-3-2-4-6-14/h2-10H,11-12H2,1H3,(H,19,22). The van der Waals surface area contributed by atoms with Gasteiger partial charge < -0.3 is 9.73 Å². The zero-order chi connectivity index (χ0) is 16.1. The Labute approximate surface area is 134 Å². The molecule has 0 radical (unpaired) electrons. The van der Waals surface area contributed by atoms with Crippen molar-refractivity contribution in [2.75, 3.05) is 0 Å². The number of carbonyl (C=O) groups excluding carboxylic acids is 1. The van der Waals surface area contributed by atoms with Crippen LogP contribution in [0.15, 0.2) is 59.0 Å². The van der Waals surface area contributed by atoms with Crippen LogP contribution in [0.2, 0.25) is 0 Å². The zero-order valence-electron chi connectivity index (χ0n) is 12.8.